The van der Waals surface area contributed by atoms with Crippen molar-refractivity contribution in [2.75, 3.05) is 20.1 Å². The Kier molecular flexibility index (Phi) is 5.87. The molecule has 0 aromatic heterocycles. The Morgan fingerprint density at radius 2 is 1.84 bits per heavy atom. The van der Waals surface area contributed by atoms with Gasteiger partial charge in [0.15, 0.2) is 0 Å². The van der Waals surface area contributed by atoms with Crippen LogP contribution in [0.5, 0.6) is 0 Å². The number of rotatable bonds is 6. The van der Waals surface area contributed by atoms with E-state index in [9.17, 15) is 0 Å². The zero-order valence-corrected chi connectivity index (χ0v) is 12.5. The van der Waals surface area contributed by atoms with Gasteiger partial charge in [-0.05, 0) is 50.0 Å². The lowest BCUT2D eigenvalue weighted by atomic mass is 9.92. The van der Waals surface area contributed by atoms with Crippen molar-refractivity contribution in [1.82, 2.24) is 10.2 Å². The molecule has 2 nitrogen and oxygen atoms in total. The maximum atomic E-state index is 3.27. The van der Waals surface area contributed by atoms with Crippen molar-refractivity contribution in [1.29, 1.82) is 0 Å². The van der Waals surface area contributed by atoms with Crippen LogP contribution in [0.3, 0.4) is 0 Å². The van der Waals surface area contributed by atoms with E-state index in [0.29, 0.717) is 0 Å². The second kappa shape index (κ2) is 7.66. The summed E-state index contributed by atoms with van der Waals surface area (Å²) in [6.45, 7) is 6.96. The summed E-state index contributed by atoms with van der Waals surface area (Å²) >= 11 is 0. The van der Waals surface area contributed by atoms with Crippen LogP contribution >= 0.6 is 0 Å². The lowest BCUT2D eigenvalue weighted by molar-refractivity contribution is 0.171. The molecule has 1 heterocycles. The SMILES string of the molecule is CCCC1CCN(Cc2ccccc2CNC)CC1. The molecule has 19 heavy (non-hydrogen) atoms. The molecule has 1 fully saturated rings. The topological polar surface area (TPSA) is 15.3 Å². The molecular formula is C17H28N2. The minimum Gasteiger partial charge on any atom is -0.316 e. The van der Waals surface area contributed by atoms with E-state index in [0.717, 1.165) is 19.0 Å². The van der Waals surface area contributed by atoms with E-state index in [1.54, 1.807) is 0 Å². The van der Waals surface area contributed by atoms with Crippen molar-refractivity contribution in [3.05, 3.63) is 35.4 Å². The van der Waals surface area contributed by atoms with Gasteiger partial charge in [0.25, 0.3) is 0 Å². The Bertz CT molecular complexity index is 367. The van der Waals surface area contributed by atoms with E-state index in [1.807, 2.05) is 7.05 Å². The highest BCUT2D eigenvalue weighted by molar-refractivity contribution is 5.27. The number of benzene rings is 1. The van der Waals surface area contributed by atoms with Gasteiger partial charge in [-0.15, -0.1) is 0 Å². The van der Waals surface area contributed by atoms with Crippen LogP contribution in [0.2, 0.25) is 0 Å². The van der Waals surface area contributed by atoms with E-state index in [4.69, 9.17) is 0 Å². The molecule has 1 aromatic rings. The Morgan fingerprint density at radius 3 is 2.47 bits per heavy atom. The highest BCUT2D eigenvalue weighted by Gasteiger charge is 2.18. The molecule has 1 N–H and O–H groups in total. The fraction of sp³-hybridized carbons (Fsp3) is 0.647. The molecule has 0 spiro atoms. The first-order valence-corrected chi connectivity index (χ1v) is 7.77. The molecule has 2 rings (SSSR count). The fourth-order valence-electron chi connectivity index (χ4n) is 3.16. The smallest absolute Gasteiger partial charge is 0.0236 e. The summed E-state index contributed by atoms with van der Waals surface area (Å²) in [5, 5.41) is 3.27. The molecule has 2 heteroatoms. The molecule has 1 aromatic carbocycles. The van der Waals surface area contributed by atoms with Crippen molar-refractivity contribution in [3.63, 3.8) is 0 Å². The molecule has 0 saturated carbocycles. The maximum absolute atomic E-state index is 3.27. The largest absolute Gasteiger partial charge is 0.316 e. The summed E-state index contributed by atoms with van der Waals surface area (Å²) in [6.07, 6.45) is 5.55. The van der Waals surface area contributed by atoms with Crippen molar-refractivity contribution in [2.45, 2.75) is 45.7 Å². The molecule has 0 atom stereocenters. The van der Waals surface area contributed by atoms with E-state index >= 15 is 0 Å². The average molecular weight is 260 g/mol. The minimum atomic E-state index is 0.975. The first-order valence-electron chi connectivity index (χ1n) is 7.77. The summed E-state index contributed by atoms with van der Waals surface area (Å²) in [5.41, 5.74) is 2.94. The highest BCUT2D eigenvalue weighted by Crippen LogP contribution is 2.23. The van der Waals surface area contributed by atoms with Crippen LogP contribution in [-0.2, 0) is 13.1 Å². The normalized spacial score (nSPS) is 17.8. The van der Waals surface area contributed by atoms with Gasteiger partial charge in [0.1, 0.15) is 0 Å². The predicted octanol–water partition coefficient (Wildman–Crippen LogP) is 3.42. The Labute approximate surface area is 118 Å². The third kappa shape index (κ3) is 4.32. The first kappa shape index (κ1) is 14.5. The Balaban J connectivity index is 1.88. The van der Waals surface area contributed by atoms with Crippen LogP contribution in [-0.4, -0.2) is 25.0 Å². The van der Waals surface area contributed by atoms with Gasteiger partial charge < -0.3 is 5.32 Å². The van der Waals surface area contributed by atoms with E-state index in [1.165, 1.54) is 49.9 Å². The molecule has 0 amide bonds. The summed E-state index contributed by atoms with van der Waals surface area (Å²) in [5.74, 6) is 0.980. The molecule has 1 saturated heterocycles. The second-order valence-corrected chi connectivity index (χ2v) is 5.81. The van der Waals surface area contributed by atoms with Crippen molar-refractivity contribution in [2.24, 2.45) is 5.92 Å². The van der Waals surface area contributed by atoms with Crippen LogP contribution < -0.4 is 5.32 Å². The van der Waals surface area contributed by atoms with Gasteiger partial charge in [0, 0.05) is 13.1 Å². The Morgan fingerprint density at radius 1 is 1.16 bits per heavy atom. The van der Waals surface area contributed by atoms with Crippen molar-refractivity contribution < 1.29 is 0 Å². The monoisotopic (exact) mass is 260 g/mol. The standard InChI is InChI=1S/C17H28N2/c1-3-6-15-9-11-19(12-10-15)14-17-8-5-4-7-16(17)13-18-2/h4-5,7-8,15,18H,3,6,9-14H2,1-2H3. The molecule has 0 radical (unpaired) electrons. The molecule has 0 bridgehead atoms. The maximum Gasteiger partial charge on any atom is 0.0236 e. The number of nitrogens with one attached hydrogen (secondary N) is 1. The van der Waals surface area contributed by atoms with Crippen LogP contribution in [0.25, 0.3) is 0 Å². The number of hydrogen-bond donors (Lipinski definition) is 1. The third-order valence-electron chi connectivity index (χ3n) is 4.28. The van der Waals surface area contributed by atoms with Crippen molar-refractivity contribution >= 4 is 0 Å². The molecule has 1 aliphatic rings. The zero-order valence-electron chi connectivity index (χ0n) is 12.5. The van der Waals surface area contributed by atoms with Gasteiger partial charge in [-0.25, -0.2) is 0 Å². The lowest BCUT2D eigenvalue weighted by Gasteiger charge is -2.32. The van der Waals surface area contributed by atoms with Gasteiger partial charge >= 0.3 is 0 Å². The third-order valence-corrected chi connectivity index (χ3v) is 4.28. The van der Waals surface area contributed by atoms with Crippen LogP contribution in [0.15, 0.2) is 24.3 Å². The van der Waals surface area contributed by atoms with Gasteiger partial charge in [-0.3, -0.25) is 4.90 Å². The highest BCUT2D eigenvalue weighted by atomic mass is 15.1. The van der Waals surface area contributed by atoms with Crippen LogP contribution in [0.4, 0.5) is 0 Å². The summed E-state index contributed by atoms with van der Waals surface area (Å²) in [4.78, 5) is 2.63. The van der Waals surface area contributed by atoms with Gasteiger partial charge in [0.2, 0.25) is 0 Å². The van der Waals surface area contributed by atoms with Crippen molar-refractivity contribution in [3.8, 4) is 0 Å². The fourth-order valence-corrected chi connectivity index (χ4v) is 3.16. The number of hydrogen-bond acceptors (Lipinski definition) is 2. The predicted molar refractivity (Wildman–Crippen MR) is 82.1 cm³/mol. The first-order chi connectivity index (χ1) is 9.33. The number of piperidine rings is 1. The van der Waals surface area contributed by atoms with Gasteiger partial charge in [-0.2, -0.15) is 0 Å². The molecular weight excluding hydrogens is 232 g/mol. The average Bonchev–Trinajstić information content (AvgIpc) is 2.44. The van der Waals surface area contributed by atoms with Gasteiger partial charge in [0.05, 0.1) is 0 Å². The van der Waals surface area contributed by atoms with Crippen LogP contribution in [0, 0.1) is 5.92 Å². The zero-order chi connectivity index (χ0) is 13.5. The summed E-state index contributed by atoms with van der Waals surface area (Å²) in [7, 11) is 2.02. The van der Waals surface area contributed by atoms with Crippen LogP contribution in [0.1, 0.15) is 43.7 Å². The number of likely N-dealkylation sites (tertiary alicyclic amines) is 1. The van der Waals surface area contributed by atoms with Gasteiger partial charge in [-0.1, -0.05) is 44.0 Å². The molecule has 0 unspecified atom stereocenters. The minimum absolute atomic E-state index is 0.975. The Hall–Kier alpha value is -0.860. The molecule has 0 aliphatic carbocycles. The number of nitrogens with zero attached hydrogens (tertiary/aromatic N) is 1. The van der Waals surface area contributed by atoms with E-state index in [2.05, 4.69) is 41.4 Å². The summed E-state index contributed by atoms with van der Waals surface area (Å²) < 4.78 is 0. The summed E-state index contributed by atoms with van der Waals surface area (Å²) in [6, 6.07) is 8.84. The lowest BCUT2D eigenvalue weighted by Crippen LogP contribution is -2.33. The quantitative estimate of drug-likeness (QED) is 0.843. The molecule has 106 valence electrons. The van der Waals surface area contributed by atoms with E-state index < -0.39 is 0 Å². The second-order valence-electron chi connectivity index (χ2n) is 5.81. The van der Waals surface area contributed by atoms with E-state index in [-0.39, 0.29) is 0 Å². The molecule has 1 aliphatic heterocycles.